The summed E-state index contributed by atoms with van der Waals surface area (Å²) in [5.74, 6) is -0.195. The first-order valence-corrected chi connectivity index (χ1v) is 24.2. The number of rotatable bonds is 23. The van der Waals surface area contributed by atoms with Crippen molar-refractivity contribution in [1.82, 2.24) is 35.8 Å². The number of anilines is 2. The molecule has 372 valence electrons. The van der Waals surface area contributed by atoms with E-state index in [4.69, 9.17) is 19.2 Å². The fourth-order valence-electron chi connectivity index (χ4n) is 8.31. The molecule has 0 radical (unpaired) electrons. The lowest BCUT2D eigenvalue weighted by Crippen LogP contribution is -2.55. The molecule has 3 aromatic carbocycles. The maximum Gasteiger partial charge on any atom is 0.573 e. The Kier molecular flexibility index (Phi) is 18.3. The number of likely N-dealkylation sites (N-methyl/N-ethyl adjacent to an activating group) is 1. The summed E-state index contributed by atoms with van der Waals surface area (Å²) in [6, 6.07) is 19.4. The molecule has 70 heavy (non-hydrogen) atoms. The number of halogens is 3. The number of amides is 3. The molecule has 0 spiro atoms. The molecule has 5 aromatic rings. The van der Waals surface area contributed by atoms with Crippen molar-refractivity contribution in [2.24, 2.45) is 5.92 Å². The molecule has 1 saturated carbocycles. The molecular weight excluding hydrogens is 930 g/mol. The molecule has 1 aliphatic heterocycles. The minimum absolute atomic E-state index is 0.0789. The third kappa shape index (κ3) is 14.5. The zero-order valence-electron chi connectivity index (χ0n) is 39.0. The van der Waals surface area contributed by atoms with E-state index in [1.807, 2.05) is 4.90 Å². The van der Waals surface area contributed by atoms with Crippen molar-refractivity contribution in [1.29, 1.82) is 0 Å². The van der Waals surface area contributed by atoms with E-state index in [0.717, 1.165) is 44.9 Å². The molecule has 3 atom stereocenters. The fourth-order valence-corrected chi connectivity index (χ4v) is 9.26. The lowest BCUT2D eigenvalue weighted by molar-refractivity contribution is -0.274. The number of hydrogen-bond acceptors (Lipinski definition) is 14. The van der Waals surface area contributed by atoms with Crippen molar-refractivity contribution in [3.05, 3.63) is 112 Å². The first-order valence-electron chi connectivity index (χ1n) is 23.4. The summed E-state index contributed by atoms with van der Waals surface area (Å²) in [4.78, 5) is 68.8. The van der Waals surface area contributed by atoms with Crippen molar-refractivity contribution in [3.63, 3.8) is 0 Å². The molecule has 4 N–H and O–H groups in total. The second-order valence-corrected chi connectivity index (χ2v) is 17.8. The van der Waals surface area contributed by atoms with E-state index in [-0.39, 0.29) is 67.6 Å². The number of benzene rings is 3. The second-order valence-electron chi connectivity index (χ2n) is 16.9. The number of alkyl halides is 3. The molecule has 20 heteroatoms. The van der Waals surface area contributed by atoms with Crippen LogP contribution in [0.1, 0.15) is 89.3 Å². The van der Waals surface area contributed by atoms with Gasteiger partial charge in [0, 0.05) is 46.9 Å². The van der Waals surface area contributed by atoms with Crippen molar-refractivity contribution in [2.45, 2.75) is 76.4 Å². The van der Waals surface area contributed by atoms with Crippen LogP contribution in [0.2, 0.25) is 0 Å². The van der Waals surface area contributed by atoms with Gasteiger partial charge < -0.3 is 45.1 Å². The highest BCUT2D eigenvalue weighted by molar-refractivity contribution is 7.10. The van der Waals surface area contributed by atoms with E-state index < -0.39 is 18.4 Å². The molecule has 0 bridgehead atoms. The maximum atomic E-state index is 14.2. The summed E-state index contributed by atoms with van der Waals surface area (Å²) >= 11 is 1.37. The minimum atomic E-state index is -4.79. The molecule has 3 heterocycles. The number of carbonyl (C=O) groups is 4. The first kappa shape index (κ1) is 51.4. The van der Waals surface area contributed by atoms with Crippen LogP contribution in [0.4, 0.5) is 24.7 Å². The molecular formula is C50H57F3N8O8S. The van der Waals surface area contributed by atoms with Crippen LogP contribution < -0.4 is 30.7 Å². The summed E-state index contributed by atoms with van der Waals surface area (Å²) in [7, 11) is 1.72. The highest BCUT2D eigenvalue weighted by Crippen LogP contribution is 2.37. The Labute approximate surface area is 408 Å². The van der Waals surface area contributed by atoms with Crippen LogP contribution in [0.15, 0.2) is 90.6 Å². The number of likely N-dealkylation sites (tertiary alicyclic amines) is 1. The topological polar surface area (TPSA) is 195 Å². The highest BCUT2D eigenvalue weighted by atomic mass is 32.1. The van der Waals surface area contributed by atoms with Gasteiger partial charge >= 0.3 is 6.36 Å². The van der Waals surface area contributed by atoms with Gasteiger partial charge in [-0.1, -0.05) is 43.5 Å². The van der Waals surface area contributed by atoms with Crippen LogP contribution in [-0.4, -0.2) is 115 Å². The number of ketones is 1. The van der Waals surface area contributed by atoms with Gasteiger partial charge in [0.1, 0.15) is 47.0 Å². The summed E-state index contributed by atoms with van der Waals surface area (Å²) in [5.41, 5.74) is 2.79. The van der Waals surface area contributed by atoms with Gasteiger partial charge in [0.25, 0.3) is 5.91 Å². The quantitative estimate of drug-likeness (QED) is 0.0369. The SMILES string of the molecule is CN[C@@H](C)C(=O)N[C@H](C(=O)N1CCC[C@H]1c1nc(C(=O)c2cccc(OCCOCCOCCNC(=O)c3cccc(-c4cc(Nc5ccc(OC(F)(F)F)cc5)ncn4)c3)c2)cs1)C1CCCCC1. The largest absolute Gasteiger partial charge is 0.573 e. The molecule has 2 aliphatic rings. The standard InChI is InChI=1S/C50H57F3N8O8S/c1-32(54-2)46(63)60-44(33-9-4-3-5-10-33)49(65)61-21-8-15-42(61)48-59-41(30-70-48)45(62)35-12-7-14-39(28-35)68-26-25-67-24-23-66-22-20-55-47(64)36-13-6-11-34(27-36)40-29-43(57-31-56-40)58-37-16-18-38(19-17-37)69-50(51,52)53/h6-7,11-14,16-19,27-33,42,44,54H,3-5,8-10,15,20-26H2,1-2H3,(H,55,64)(H,60,63)(H,56,57,58)/t32-,42-,44-/m0/s1. The van der Waals surface area contributed by atoms with Gasteiger partial charge in [-0.25, -0.2) is 15.0 Å². The Morgan fingerprint density at radius 2 is 1.57 bits per heavy atom. The summed E-state index contributed by atoms with van der Waals surface area (Å²) in [6.07, 6.45) is 3.09. The van der Waals surface area contributed by atoms with Crippen LogP contribution in [0.5, 0.6) is 11.5 Å². The molecule has 2 aromatic heterocycles. The van der Waals surface area contributed by atoms with E-state index in [0.29, 0.717) is 70.1 Å². The monoisotopic (exact) mass is 986 g/mol. The molecule has 3 amide bonds. The Bertz CT molecular complexity index is 2540. The van der Waals surface area contributed by atoms with E-state index in [9.17, 15) is 32.3 Å². The number of ether oxygens (including phenoxy) is 4. The van der Waals surface area contributed by atoms with Gasteiger partial charge in [-0.2, -0.15) is 0 Å². The molecule has 7 rings (SSSR count). The Hall–Kier alpha value is -6.48. The molecule has 16 nitrogen and oxygen atoms in total. The Morgan fingerprint density at radius 1 is 0.829 bits per heavy atom. The van der Waals surface area contributed by atoms with E-state index in [1.54, 1.807) is 73.9 Å². The zero-order chi connectivity index (χ0) is 49.5. The number of hydrogen-bond donors (Lipinski definition) is 4. The number of nitrogens with one attached hydrogen (secondary N) is 4. The molecule has 2 fully saturated rings. The normalized spacial score (nSPS) is 16.0. The molecule has 1 aliphatic carbocycles. The number of aromatic nitrogens is 3. The van der Waals surface area contributed by atoms with Crippen LogP contribution in [-0.2, 0) is 19.1 Å². The summed E-state index contributed by atoms with van der Waals surface area (Å²) in [6.45, 7) is 3.97. The smallest absolute Gasteiger partial charge is 0.491 e. The minimum Gasteiger partial charge on any atom is -0.491 e. The van der Waals surface area contributed by atoms with Crippen molar-refractivity contribution in [2.75, 3.05) is 58.5 Å². The second kappa shape index (κ2) is 24.9. The number of thiazole rings is 1. The van der Waals surface area contributed by atoms with Gasteiger partial charge in [-0.15, -0.1) is 24.5 Å². The first-order chi connectivity index (χ1) is 33.8. The average Bonchev–Trinajstić information content (AvgIpc) is 4.07. The van der Waals surface area contributed by atoms with Crippen molar-refractivity contribution < 1.29 is 51.3 Å². The van der Waals surface area contributed by atoms with E-state index >= 15 is 0 Å². The predicted molar refractivity (Wildman–Crippen MR) is 256 cm³/mol. The van der Waals surface area contributed by atoms with E-state index in [1.165, 1.54) is 41.9 Å². The fraction of sp³-hybridized carbons (Fsp3) is 0.420. The van der Waals surface area contributed by atoms with Crippen LogP contribution in [0, 0.1) is 5.92 Å². The van der Waals surface area contributed by atoms with Crippen molar-refractivity contribution in [3.8, 4) is 22.8 Å². The molecule has 1 saturated heterocycles. The lowest BCUT2D eigenvalue weighted by atomic mass is 9.83. The van der Waals surface area contributed by atoms with Crippen molar-refractivity contribution >= 4 is 46.3 Å². The summed E-state index contributed by atoms with van der Waals surface area (Å²) in [5, 5.41) is 14.3. The van der Waals surface area contributed by atoms with Gasteiger partial charge in [-0.05, 0) is 94.1 Å². The van der Waals surface area contributed by atoms with Gasteiger partial charge in [-0.3, -0.25) is 19.2 Å². The van der Waals surface area contributed by atoms with E-state index in [2.05, 4.69) is 36.0 Å². The number of nitrogens with zero attached hydrogens (tertiary/aromatic N) is 4. The predicted octanol–water partition coefficient (Wildman–Crippen LogP) is 7.65. The third-order valence-electron chi connectivity index (χ3n) is 12.0. The average molecular weight is 987 g/mol. The number of carbonyl (C=O) groups excluding carboxylic acids is 4. The van der Waals surface area contributed by atoms with Gasteiger partial charge in [0.15, 0.2) is 0 Å². The van der Waals surface area contributed by atoms with Crippen LogP contribution >= 0.6 is 11.3 Å². The Morgan fingerprint density at radius 3 is 2.34 bits per heavy atom. The Balaban J connectivity index is 0.798. The van der Waals surface area contributed by atoms with Crippen LogP contribution in [0.3, 0.4) is 0 Å². The van der Waals surface area contributed by atoms with Gasteiger partial charge in [0.2, 0.25) is 17.6 Å². The highest BCUT2D eigenvalue weighted by Gasteiger charge is 2.40. The molecule has 0 unspecified atom stereocenters. The maximum absolute atomic E-state index is 14.2. The van der Waals surface area contributed by atoms with Gasteiger partial charge in [0.05, 0.1) is 44.2 Å². The lowest BCUT2D eigenvalue weighted by Gasteiger charge is -2.35. The summed E-state index contributed by atoms with van der Waals surface area (Å²) < 4.78 is 58.6. The zero-order valence-corrected chi connectivity index (χ0v) is 39.8. The third-order valence-corrected chi connectivity index (χ3v) is 13.0. The van der Waals surface area contributed by atoms with Crippen LogP contribution in [0.25, 0.3) is 11.3 Å².